The first-order valence-electron chi connectivity index (χ1n) is 7.76. The Kier molecular flexibility index (Phi) is 5.76. The molecular weight excluding hydrogens is 264 g/mol. The van der Waals surface area contributed by atoms with Crippen molar-refractivity contribution >= 4 is 5.91 Å². The van der Waals surface area contributed by atoms with Gasteiger partial charge in [0.15, 0.2) is 0 Å². The summed E-state index contributed by atoms with van der Waals surface area (Å²) in [4.78, 5) is 12.3. The first kappa shape index (κ1) is 16.0. The van der Waals surface area contributed by atoms with Gasteiger partial charge in [0.2, 0.25) is 5.91 Å². The summed E-state index contributed by atoms with van der Waals surface area (Å²) in [6.07, 6.45) is 2.58. The molecule has 0 saturated carbocycles. The largest absolute Gasteiger partial charge is 0.381 e. The molecule has 0 aromatic heterocycles. The fourth-order valence-corrected chi connectivity index (χ4v) is 2.85. The molecule has 2 rings (SSSR count). The van der Waals surface area contributed by atoms with Crippen molar-refractivity contribution < 1.29 is 9.53 Å². The Morgan fingerprint density at radius 2 is 2.05 bits per heavy atom. The molecule has 1 aliphatic heterocycles. The molecule has 4 heteroatoms. The summed E-state index contributed by atoms with van der Waals surface area (Å²) in [5, 5.41) is 3.05. The molecule has 0 bridgehead atoms. The number of aryl methyl sites for hydroxylation is 1. The molecule has 1 fully saturated rings. The molecule has 1 aliphatic rings. The summed E-state index contributed by atoms with van der Waals surface area (Å²) in [6, 6.07) is 7.93. The fourth-order valence-electron chi connectivity index (χ4n) is 2.85. The van der Waals surface area contributed by atoms with E-state index in [2.05, 4.69) is 24.4 Å². The van der Waals surface area contributed by atoms with Crippen LogP contribution in [0.25, 0.3) is 0 Å². The fraction of sp³-hybridized carbons (Fsp3) is 0.588. The van der Waals surface area contributed by atoms with Gasteiger partial charge in [-0.25, -0.2) is 0 Å². The molecule has 1 heterocycles. The number of rotatable bonds is 5. The van der Waals surface area contributed by atoms with E-state index in [9.17, 15) is 4.79 Å². The lowest BCUT2D eigenvalue weighted by atomic mass is 9.91. The minimum Gasteiger partial charge on any atom is -0.381 e. The molecule has 2 atom stereocenters. The van der Waals surface area contributed by atoms with Crippen LogP contribution in [0.15, 0.2) is 24.3 Å². The normalized spacial score (nSPS) is 19.0. The highest BCUT2D eigenvalue weighted by Crippen LogP contribution is 2.18. The molecule has 1 amide bonds. The smallest absolute Gasteiger partial charge is 0.237 e. The van der Waals surface area contributed by atoms with E-state index in [0.717, 1.165) is 19.3 Å². The van der Waals surface area contributed by atoms with Gasteiger partial charge in [0.25, 0.3) is 0 Å². The zero-order valence-corrected chi connectivity index (χ0v) is 13.0. The second-order valence-electron chi connectivity index (χ2n) is 6.02. The maximum absolute atomic E-state index is 12.3. The first-order valence-corrected chi connectivity index (χ1v) is 7.76. The summed E-state index contributed by atoms with van der Waals surface area (Å²) in [5.41, 5.74) is 8.62. The number of carbonyl (C=O) groups is 1. The van der Waals surface area contributed by atoms with Gasteiger partial charge in [-0.2, -0.15) is 0 Å². The summed E-state index contributed by atoms with van der Waals surface area (Å²) >= 11 is 0. The zero-order chi connectivity index (χ0) is 15.2. The lowest BCUT2D eigenvalue weighted by Crippen LogP contribution is -2.49. The number of amides is 1. The van der Waals surface area contributed by atoms with Gasteiger partial charge in [-0.15, -0.1) is 0 Å². The van der Waals surface area contributed by atoms with Gasteiger partial charge in [0.1, 0.15) is 0 Å². The van der Waals surface area contributed by atoms with Gasteiger partial charge in [-0.1, -0.05) is 24.3 Å². The second-order valence-corrected chi connectivity index (χ2v) is 6.02. The van der Waals surface area contributed by atoms with E-state index in [0.29, 0.717) is 13.2 Å². The maximum atomic E-state index is 12.3. The van der Waals surface area contributed by atoms with Gasteiger partial charge in [-0.3, -0.25) is 4.79 Å². The van der Waals surface area contributed by atoms with Crippen molar-refractivity contribution in [1.82, 2.24) is 5.32 Å². The Labute approximate surface area is 127 Å². The Hall–Kier alpha value is -1.39. The van der Waals surface area contributed by atoms with Gasteiger partial charge >= 0.3 is 0 Å². The molecule has 21 heavy (non-hydrogen) atoms. The zero-order valence-electron chi connectivity index (χ0n) is 13.0. The van der Waals surface area contributed by atoms with Crippen LogP contribution in [0.3, 0.4) is 0 Å². The van der Waals surface area contributed by atoms with Crippen molar-refractivity contribution in [3.8, 4) is 0 Å². The topological polar surface area (TPSA) is 64.4 Å². The van der Waals surface area contributed by atoms with E-state index < -0.39 is 6.04 Å². The van der Waals surface area contributed by atoms with Crippen molar-refractivity contribution in [2.45, 2.75) is 45.2 Å². The van der Waals surface area contributed by atoms with Crippen LogP contribution in [0, 0.1) is 12.8 Å². The molecule has 0 aliphatic carbocycles. The summed E-state index contributed by atoms with van der Waals surface area (Å²) in [6.45, 7) is 5.55. The van der Waals surface area contributed by atoms with Crippen LogP contribution in [0.5, 0.6) is 0 Å². The van der Waals surface area contributed by atoms with Crippen LogP contribution in [-0.2, 0) is 16.0 Å². The molecule has 1 saturated heterocycles. The van der Waals surface area contributed by atoms with Crippen molar-refractivity contribution in [3.63, 3.8) is 0 Å². The summed E-state index contributed by atoms with van der Waals surface area (Å²) < 4.78 is 5.32. The van der Waals surface area contributed by atoms with Crippen LogP contribution in [-0.4, -0.2) is 31.2 Å². The van der Waals surface area contributed by atoms with E-state index >= 15 is 0 Å². The Bertz CT molecular complexity index is 470. The van der Waals surface area contributed by atoms with Crippen molar-refractivity contribution in [2.24, 2.45) is 11.7 Å². The molecular formula is C17H26N2O2. The number of ether oxygens (including phenoxy) is 1. The maximum Gasteiger partial charge on any atom is 0.237 e. The first-order chi connectivity index (χ1) is 10.1. The van der Waals surface area contributed by atoms with E-state index in [4.69, 9.17) is 10.5 Å². The van der Waals surface area contributed by atoms with Gasteiger partial charge in [-0.05, 0) is 50.2 Å². The lowest BCUT2D eigenvalue weighted by Gasteiger charge is -2.28. The van der Waals surface area contributed by atoms with E-state index in [1.807, 2.05) is 19.1 Å². The number of hydrogen-bond acceptors (Lipinski definition) is 3. The Morgan fingerprint density at radius 3 is 2.71 bits per heavy atom. The average Bonchev–Trinajstić information content (AvgIpc) is 2.49. The molecule has 2 unspecified atom stereocenters. The molecule has 116 valence electrons. The van der Waals surface area contributed by atoms with E-state index in [1.54, 1.807) is 0 Å². The Morgan fingerprint density at radius 1 is 1.38 bits per heavy atom. The predicted octanol–water partition coefficient (Wildman–Crippen LogP) is 1.80. The molecule has 0 radical (unpaired) electrons. The average molecular weight is 290 g/mol. The third-order valence-electron chi connectivity index (χ3n) is 4.25. The minimum atomic E-state index is -0.423. The highest BCUT2D eigenvalue weighted by molar-refractivity contribution is 5.82. The number of nitrogens with one attached hydrogen (secondary N) is 1. The van der Waals surface area contributed by atoms with Gasteiger partial charge < -0.3 is 15.8 Å². The third-order valence-corrected chi connectivity index (χ3v) is 4.25. The van der Waals surface area contributed by atoms with Gasteiger partial charge in [0, 0.05) is 19.3 Å². The molecule has 4 nitrogen and oxygen atoms in total. The minimum absolute atomic E-state index is 0.0389. The highest BCUT2D eigenvalue weighted by atomic mass is 16.5. The molecule has 3 N–H and O–H groups in total. The predicted molar refractivity (Wildman–Crippen MR) is 84.0 cm³/mol. The number of carbonyl (C=O) groups excluding carboxylic acids is 1. The van der Waals surface area contributed by atoms with Crippen LogP contribution in [0.1, 0.15) is 30.9 Å². The van der Waals surface area contributed by atoms with E-state index in [1.165, 1.54) is 11.1 Å². The number of nitrogens with two attached hydrogens (primary N) is 1. The van der Waals surface area contributed by atoms with Crippen molar-refractivity contribution in [1.29, 1.82) is 0 Å². The highest BCUT2D eigenvalue weighted by Gasteiger charge is 2.27. The molecule has 1 aromatic rings. The van der Waals surface area contributed by atoms with Crippen LogP contribution >= 0.6 is 0 Å². The van der Waals surface area contributed by atoms with Crippen LogP contribution < -0.4 is 11.1 Å². The number of hydrogen-bond donors (Lipinski definition) is 2. The quantitative estimate of drug-likeness (QED) is 0.869. The Balaban J connectivity index is 1.85. The van der Waals surface area contributed by atoms with Crippen molar-refractivity contribution in [3.05, 3.63) is 35.4 Å². The second kappa shape index (κ2) is 7.57. The SMILES string of the molecule is Cc1ccccc1CC(C)NC(=O)C(N)C1CCOCC1. The standard InChI is InChI=1S/C17H26N2O2/c1-12-5-3-4-6-15(12)11-13(2)19-17(20)16(18)14-7-9-21-10-8-14/h3-6,13-14,16H,7-11,18H2,1-2H3,(H,19,20). The third kappa shape index (κ3) is 4.55. The molecule has 1 aromatic carbocycles. The summed E-state index contributed by atoms with van der Waals surface area (Å²) in [5.74, 6) is 0.201. The van der Waals surface area contributed by atoms with Crippen molar-refractivity contribution in [2.75, 3.05) is 13.2 Å². The summed E-state index contributed by atoms with van der Waals surface area (Å²) in [7, 11) is 0. The molecule has 0 spiro atoms. The monoisotopic (exact) mass is 290 g/mol. The van der Waals surface area contributed by atoms with Crippen LogP contribution in [0.4, 0.5) is 0 Å². The van der Waals surface area contributed by atoms with E-state index in [-0.39, 0.29) is 17.9 Å². The number of benzene rings is 1. The van der Waals surface area contributed by atoms with Gasteiger partial charge in [0.05, 0.1) is 6.04 Å². The van der Waals surface area contributed by atoms with Crippen LogP contribution in [0.2, 0.25) is 0 Å². The lowest BCUT2D eigenvalue weighted by molar-refractivity contribution is -0.124.